The first-order valence-corrected chi connectivity index (χ1v) is 6.24. The lowest BCUT2D eigenvalue weighted by atomic mass is 10.2. The van der Waals surface area contributed by atoms with Gasteiger partial charge in [-0.3, -0.25) is 0 Å². The van der Waals surface area contributed by atoms with E-state index in [1.807, 2.05) is 12.1 Å². The van der Waals surface area contributed by atoms with E-state index in [1.165, 1.54) is 17.3 Å². The van der Waals surface area contributed by atoms with E-state index >= 15 is 0 Å². The van der Waals surface area contributed by atoms with Gasteiger partial charge >= 0.3 is 0 Å². The Labute approximate surface area is 110 Å². The van der Waals surface area contributed by atoms with Crippen LogP contribution in [0, 0.1) is 6.92 Å². The summed E-state index contributed by atoms with van der Waals surface area (Å²) in [4.78, 5) is 9.61. The Bertz CT molecular complexity index is 507. The summed E-state index contributed by atoms with van der Waals surface area (Å²) in [7, 11) is 3.14. The van der Waals surface area contributed by atoms with Crippen molar-refractivity contribution in [2.45, 2.75) is 17.0 Å². The van der Waals surface area contributed by atoms with Crippen molar-refractivity contribution in [3.05, 3.63) is 35.9 Å². The van der Waals surface area contributed by atoms with Crippen molar-refractivity contribution in [1.29, 1.82) is 0 Å². The van der Waals surface area contributed by atoms with E-state index in [4.69, 9.17) is 9.47 Å². The second-order valence-electron chi connectivity index (χ2n) is 3.65. The van der Waals surface area contributed by atoms with E-state index in [9.17, 15) is 0 Å². The molecule has 5 heteroatoms. The molecule has 0 aliphatic carbocycles. The van der Waals surface area contributed by atoms with Crippen LogP contribution >= 0.6 is 11.8 Å². The highest BCUT2D eigenvalue weighted by atomic mass is 32.2. The van der Waals surface area contributed by atoms with Gasteiger partial charge in [0.15, 0.2) is 5.16 Å². The van der Waals surface area contributed by atoms with Crippen molar-refractivity contribution in [2.24, 2.45) is 0 Å². The number of nitrogens with zero attached hydrogens (tertiary/aromatic N) is 2. The normalized spacial score (nSPS) is 10.2. The van der Waals surface area contributed by atoms with Crippen LogP contribution in [0.3, 0.4) is 0 Å². The first kappa shape index (κ1) is 12.7. The van der Waals surface area contributed by atoms with Crippen molar-refractivity contribution < 1.29 is 9.47 Å². The molecule has 0 unspecified atom stereocenters. The maximum Gasteiger partial charge on any atom is 0.220 e. The number of aryl methyl sites for hydroxylation is 1. The third-order valence-corrected chi connectivity index (χ3v) is 3.18. The molecule has 0 amide bonds. The van der Waals surface area contributed by atoms with Gasteiger partial charge in [0.1, 0.15) is 0 Å². The molecule has 2 rings (SSSR count). The summed E-state index contributed by atoms with van der Waals surface area (Å²) in [6.45, 7) is 2.06. The zero-order valence-electron chi connectivity index (χ0n) is 10.5. The van der Waals surface area contributed by atoms with Gasteiger partial charge in [0, 0.05) is 4.90 Å². The zero-order valence-corrected chi connectivity index (χ0v) is 11.3. The molecule has 0 spiro atoms. The van der Waals surface area contributed by atoms with Gasteiger partial charge in [-0.2, -0.15) is 9.97 Å². The van der Waals surface area contributed by atoms with Crippen LogP contribution < -0.4 is 9.47 Å². The molecule has 1 aromatic heterocycles. The fraction of sp³-hybridized carbons (Fsp3) is 0.231. The standard InChI is InChI=1S/C13H14N2O2S/c1-9-4-6-10(7-5-9)18-13-14-11(16-2)8-12(15-13)17-3/h4-8H,1-3H3. The Morgan fingerprint density at radius 2 is 1.50 bits per heavy atom. The fourth-order valence-electron chi connectivity index (χ4n) is 1.35. The molecule has 2 aromatic rings. The fourth-order valence-corrected chi connectivity index (χ4v) is 2.10. The molecule has 0 atom stereocenters. The summed E-state index contributed by atoms with van der Waals surface area (Å²) in [5.74, 6) is 0.993. The molecule has 0 saturated heterocycles. The van der Waals surface area contributed by atoms with Gasteiger partial charge in [-0.25, -0.2) is 0 Å². The monoisotopic (exact) mass is 262 g/mol. The molecule has 94 valence electrons. The number of hydrogen-bond acceptors (Lipinski definition) is 5. The Hall–Kier alpha value is -1.75. The average molecular weight is 262 g/mol. The summed E-state index contributed by atoms with van der Waals surface area (Å²) in [5, 5.41) is 0.607. The minimum atomic E-state index is 0.497. The van der Waals surface area contributed by atoms with Crippen molar-refractivity contribution in [3.8, 4) is 11.8 Å². The molecule has 0 fully saturated rings. The summed E-state index contributed by atoms with van der Waals surface area (Å²) >= 11 is 1.47. The highest BCUT2D eigenvalue weighted by molar-refractivity contribution is 7.99. The molecule has 0 radical (unpaired) electrons. The largest absolute Gasteiger partial charge is 0.481 e. The maximum absolute atomic E-state index is 5.11. The lowest BCUT2D eigenvalue weighted by Gasteiger charge is -2.06. The molecular weight excluding hydrogens is 248 g/mol. The molecule has 0 aliphatic heterocycles. The highest BCUT2D eigenvalue weighted by Crippen LogP contribution is 2.28. The summed E-state index contributed by atoms with van der Waals surface area (Å²) < 4.78 is 10.2. The predicted molar refractivity (Wildman–Crippen MR) is 70.4 cm³/mol. The maximum atomic E-state index is 5.11. The number of rotatable bonds is 4. The Morgan fingerprint density at radius 3 is 2.00 bits per heavy atom. The number of ether oxygens (including phenoxy) is 2. The first-order chi connectivity index (χ1) is 8.71. The van der Waals surface area contributed by atoms with Gasteiger partial charge in [0.2, 0.25) is 11.8 Å². The number of aromatic nitrogens is 2. The van der Waals surface area contributed by atoms with Crippen molar-refractivity contribution in [1.82, 2.24) is 9.97 Å². The van der Waals surface area contributed by atoms with Gasteiger partial charge in [-0.1, -0.05) is 17.7 Å². The SMILES string of the molecule is COc1cc(OC)nc(Sc2ccc(C)cc2)n1. The van der Waals surface area contributed by atoms with Crippen LogP contribution in [0.1, 0.15) is 5.56 Å². The molecule has 0 N–H and O–H groups in total. The zero-order chi connectivity index (χ0) is 13.0. The van der Waals surface area contributed by atoms with Gasteiger partial charge < -0.3 is 9.47 Å². The van der Waals surface area contributed by atoms with Crippen LogP contribution in [0.2, 0.25) is 0 Å². The van der Waals surface area contributed by atoms with Crippen LogP contribution in [0.15, 0.2) is 40.4 Å². The summed E-state index contributed by atoms with van der Waals surface area (Å²) in [5.41, 5.74) is 1.23. The van der Waals surface area contributed by atoms with Crippen LogP contribution in [-0.4, -0.2) is 24.2 Å². The van der Waals surface area contributed by atoms with E-state index in [1.54, 1.807) is 20.3 Å². The van der Waals surface area contributed by atoms with E-state index in [2.05, 4.69) is 29.0 Å². The topological polar surface area (TPSA) is 44.2 Å². The second kappa shape index (κ2) is 5.73. The third-order valence-electron chi connectivity index (χ3n) is 2.31. The van der Waals surface area contributed by atoms with Gasteiger partial charge in [0.05, 0.1) is 20.3 Å². The Kier molecular flexibility index (Phi) is 4.04. The summed E-state index contributed by atoms with van der Waals surface area (Å²) in [6.07, 6.45) is 0. The first-order valence-electron chi connectivity index (χ1n) is 5.43. The van der Waals surface area contributed by atoms with Crippen molar-refractivity contribution in [2.75, 3.05) is 14.2 Å². The van der Waals surface area contributed by atoms with E-state index in [-0.39, 0.29) is 0 Å². The predicted octanol–water partition coefficient (Wildman–Crippen LogP) is 2.95. The number of hydrogen-bond donors (Lipinski definition) is 0. The minimum Gasteiger partial charge on any atom is -0.481 e. The lowest BCUT2D eigenvalue weighted by molar-refractivity contribution is 0.364. The molecule has 0 saturated carbocycles. The van der Waals surface area contributed by atoms with Crippen LogP contribution in [0.4, 0.5) is 0 Å². The van der Waals surface area contributed by atoms with Crippen LogP contribution in [-0.2, 0) is 0 Å². The molecule has 0 aliphatic rings. The molecule has 1 heterocycles. The minimum absolute atomic E-state index is 0.497. The molecular formula is C13H14N2O2S. The Morgan fingerprint density at radius 1 is 0.944 bits per heavy atom. The molecule has 18 heavy (non-hydrogen) atoms. The molecule has 0 bridgehead atoms. The van der Waals surface area contributed by atoms with E-state index in [0.29, 0.717) is 16.9 Å². The van der Waals surface area contributed by atoms with Gasteiger partial charge in [-0.05, 0) is 30.8 Å². The van der Waals surface area contributed by atoms with Crippen molar-refractivity contribution >= 4 is 11.8 Å². The van der Waals surface area contributed by atoms with Gasteiger partial charge in [0.25, 0.3) is 0 Å². The van der Waals surface area contributed by atoms with Crippen LogP contribution in [0.25, 0.3) is 0 Å². The smallest absolute Gasteiger partial charge is 0.220 e. The molecule has 4 nitrogen and oxygen atoms in total. The third kappa shape index (κ3) is 3.13. The average Bonchev–Trinajstić information content (AvgIpc) is 2.41. The number of methoxy groups -OCH3 is 2. The Balaban J connectivity index is 2.25. The second-order valence-corrected chi connectivity index (χ2v) is 4.69. The lowest BCUT2D eigenvalue weighted by Crippen LogP contribution is -1.95. The van der Waals surface area contributed by atoms with Crippen molar-refractivity contribution in [3.63, 3.8) is 0 Å². The van der Waals surface area contributed by atoms with Crippen LogP contribution in [0.5, 0.6) is 11.8 Å². The van der Waals surface area contributed by atoms with E-state index < -0.39 is 0 Å². The quantitative estimate of drug-likeness (QED) is 0.793. The molecule has 1 aromatic carbocycles. The van der Waals surface area contributed by atoms with E-state index in [0.717, 1.165) is 4.90 Å². The van der Waals surface area contributed by atoms with Gasteiger partial charge in [-0.15, -0.1) is 0 Å². The number of benzene rings is 1. The highest BCUT2D eigenvalue weighted by Gasteiger charge is 2.06. The summed E-state index contributed by atoms with van der Waals surface area (Å²) in [6, 6.07) is 9.84.